The minimum atomic E-state index is -0.978. The Morgan fingerprint density at radius 1 is 1.30 bits per heavy atom. The van der Waals surface area contributed by atoms with Crippen LogP contribution >= 0.6 is 15.9 Å². The van der Waals surface area contributed by atoms with Crippen molar-refractivity contribution in [3.05, 3.63) is 63.4 Å². The predicted molar refractivity (Wildman–Crippen MR) is 76.6 cm³/mol. The number of ether oxygens (including phenoxy) is 1. The van der Waals surface area contributed by atoms with Gasteiger partial charge in [-0.05, 0) is 54.4 Å². The normalized spacial score (nSPS) is 10.3. The van der Waals surface area contributed by atoms with Gasteiger partial charge in [-0.3, -0.25) is 0 Å². The van der Waals surface area contributed by atoms with Crippen LogP contribution in [0.25, 0.3) is 0 Å². The molecular formula is C15H12BrFO3. The largest absolute Gasteiger partial charge is 0.489 e. The summed E-state index contributed by atoms with van der Waals surface area (Å²) >= 11 is 3.22. The van der Waals surface area contributed by atoms with Gasteiger partial charge < -0.3 is 9.84 Å². The zero-order valence-electron chi connectivity index (χ0n) is 10.7. The summed E-state index contributed by atoms with van der Waals surface area (Å²) in [6.07, 6.45) is 0. The third kappa shape index (κ3) is 3.57. The number of aryl methyl sites for hydroxylation is 1. The van der Waals surface area contributed by atoms with Gasteiger partial charge in [-0.2, -0.15) is 0 Å². The van der Waals surface area contributed by atoms with Gasteiger partial charge in [0.15, 0.2) is 0 Å². The monoisotopic (exact) mass is 338 g/mol. The lowest BCUT2D eigenvalue weighted by atomic mass is 10.1. The molecule has 0 saturated carbocycles. The fraction of sp³-hybridized carbons (Fsp3) is 0.133. The number of hydrogen-bond donors (Lipinski definition) is 1. The molecule has 0 aliphatic rings. The summed E-state index contributed by atoms with van der Waals surface area (Å²) in [7, 11) is 0. The molecule has 0 spiro atoms. The number of halogens is 2. The Labute approximate surface area is 124 Å². The maximum Gasteiger partial charge on any atom is 0.335 e. The van der Waals surface area contributed by atoms with Crippen LogP contribution in [-0.2, 0) is 6.61 Å². The first-order valence-corrected chi connectivity index (χ1v) is 6.67. The molecule has 0 aliphatic heterocycles. The van der Waals surface area contributed by atoms with E-state index in [2.05, 4.69) is 15.9 Å². The van der Waals surface area contributed by atoms with Gasteiger partial charge in [0.1, 0.15) is 18.2 Å². The summed E-state index contributed by atoms with van der Waals surface area (Å²) in [6.45, 7) is 1.98. The lowest BCUT2D eigenvalue weighted by molar-refractivity contribution is 0.0696. The van der Waals surface area contributed by atoms with Gasteiger partial charge in [0.2, 0.25) is 0 Å². The lowest BCUT2D eigenvalue weighted by Crippen LogP contribution is -2.00. The van der Waals surface area contributed by atoms with Crippen molar-refractivity contribution in [3.8, 4) is 5.75 Å². The van der Waals surface area contributed by atoms with Crippen LogP contribution in [0.15, 0.2) is 40.9 Å². The first kappa shape index (κ1) is 14.5. The van der Waals surface area contributed by atoms with Crippen LogP contribution in [0.3, 0.4) is 0 Å². The fourth-order valence-electron chi connectivity index (χ4n) is 1.80. The molecule has 2 aromatic rings. The first-order chi connectivity index (χ1) is 9.45. The van der Waals surface area contributed by atoms with E-state index in [4.69, 9.17) is 9.84 Å². The second kappa shape index (κ2) is 6.05. The molecule has 0 heterocycles. The second-order valence-corrected chi connectivity index (χ2v) is 5.27. The van der Waals surface area contributed by atoms with E-state index in [1.165, 1.54) is 18.2 Å². The number of hydrogen-bond acceptors (Lipinski definition) is 2. The Kier molecular flexibility index (Phi) is 4.39. The van der Waals surface area contributed by atoms with Crippen molar-refractivity contribution < 1.29 is 19.0 Å². The Morgan fingerprint density at radius 3 is 2.65 bits per heavy atom. The quantitative estimate of drug-likeness (QED) is 0.909. The molecule has 5 heteroatoms. The van der Waals surface area contributed by atoms with E-state index in [-0.39, 0.29) is 18.0 Å². The molecule has 2 aromatic carbocycles. The van der Waals surface area contributed by atoms with E-state index in [1.54, 1.807) is 25.1 Å². The van der Waals surface area contributed by atoms with Crippen molar-refractivity contribution in [3.63, 3.8) is 0 Å². The molecule has 2 rings (SSSR count). The summed E-state index contributed by atoms with van der Waals surface area (Å²) < 4.78 is 19.5. The molecule has 0 radical (unpaired) electrons. The van der Waals surface area contributed by atoms with E-state index in [9.17, 15) is 9.18 Å². The van der Waals surface area contributed by atoms with Gasteiger partial charge in [0.05, 0.1) is 5.56 Å². The van der Waals surface area contributed by atoms with Gasteiger partial charge >= 0.3 is 5.97 Å². The molecule has 0 fully saturated rings. The van der Waals surface area contributed by atoms with Crippen LogP contribution in [-0.4, -0.2) is 11.1 Å². The Hall–Kier alpha value is -1.88. The van der Waals surface area contributed by atoms with Crippen LogP contribution in [0.4, 0.5) is 4.39 Å². The SMILES string of the molecule is Cc1cc(C(=O)O)ccc1OCc1cc(F)cc(Br)c1. The zero-order chi connectivity index (χ0) is 14.7. The molecule has 1 N–H and O–H groups in total. The third-order valence-corrected chi connectivity index (χ3v) is 3.20. The first-order valence-electron chi connectivity index (χ1n) is 5.87. The molecular weight excluding hydrogens is 327 g/mol. The van der Waals surface area contributed by atoms with Crippen molar-refractivity contribution in [1.82, 2.24) is 0 Å². The van der Waals surface area contributed by atoms with Crippen LogP contribution in [0, 0.1) is 12.7 Å². The Morgan fingerprint density at radius 2 is 2.05 bits per heavy atom. The molecule has 0 amide bonds. The average molecular weight is 339 g/mol. The van der Waals surface area contributed by atoms with Crippen molar-refractivity contribution in [2.45, 2.75) is 13.5 Å². The third-order valence-electron chi connectivity index (χ3n) is 2.74. The summed E-state index contributed by atoms with van der Waals surface area (Å²) in [5.41, 5.74) is 1.63. The average Bonchev–Trinajstić information content (AvgIpc) is 2.36. The van der Waals surface area contributed by atoms with Gasteiger partial charge in [-0.1, -0.05) is 15.9 Å². The Balaban J connectivity index is 2.12. The lowest BCUT2D eigenvalue weighted by Gasteiger charge is -2.10. The molecule has 0 unspecified atom stereocenters. The number of carboxylic acid groups (broad SMARTS) is 1. The molecule has 20 heavy (non-hydrogen) atoms. The van der Waals surface area contributed by atoms with E-state index in [1.807, 2.05) is 0 Å². The predicted octanol–water partition coefficient (Wildman–Crippen LogP) is 4.17. The van der Waals surface area contributed by atoms with Gasteiger partial charge in [0.25, 0.3) is 0 Å². The number of rotatable bonds is 4. The molecule has 0 bridgehead atoms. The maximum atomic E-state index is 13.2. The van der Waals surface area contributed by atoms with Crippen LogP contribution in [0.5, 0.6) is 5.75 Å². The standard InChI is InChI=1S/C15H12BrFO3/c1-9-4-11(15(18)19)2-3-14(9)20-8-10-5-12(16)7-13(17)6-10/h2-7H,8H2,1H3,(H,18,19). The number of carboxylic acids is 1. The van der Waals surface area contributed by atoms with E-state index in [0.29, 0.717) is 15.8 Å². The summed E-state index contributed by atoms with van der Waals surface area (Å²) in [5, 5.41) is 8.88. The highest BCUT2D eigenvalue weighted by molar-refractivity contribution is 9.10. The van der Waals surface area contributed by atoms with Crippen molar-refractivity contribution >= 4 is 21.9 Å². The number of benzene rings is 2. The molecule has 0 aromatic heterocycles. The zero-order valence-corrected chi connectivity index (χ0v) is 12.3. The van der Waals surface area contributed by atoms with Gasteiger partial charge in [0, 0.05) is 4.47 Å². The maximum absolute atomic E-state index is 13.2. The van der Waals surface area contributed by atoms with Crippen molar-refractivity contribution in [1.29, 1.82) is 0 Å². The highest BCUT2D eigenvalue weighted by Gasteiger charge is 2.07. The summed E-state index contributed by atoms with van der Waals surface area (Å²) in [6, 6.07) is 9.16. The van der Waals surface area contributed by atoms with E-state index < -0.39 is 5.97 Å². The molecule has 0 saturated heterocycles. The summed E-state index contributed by atoms with van der Waals surface area (Å²) in [5.74, 6) is -0.736. The second-order valence-electron chi connectivity index (χ2n) is 4.35. The smallest absolute Gasteiger partial charge is 0.335 e. The highest BCUT2D eigenvalue weighted by Crippen LogP contribution is 2.22. The molecule has 3 nitrogen and oxygen atoms in total. The van der Waals surface area contributed by atoms with Crippen LogP contribution < -0.4 is 4.74 Å². The van der Waals surface area contributed by atoms with Gasteiger partial charge in [-0.25, -0.2) is 9.18 Å². The van der Waals surface area contributed by atoms with E-state index in [0.717, 1.165) is 5.56 Å². The van der Waals surface area contributed by atoms with Crippen LogP contribution in [0.1, 0.15) is 21.5 Å². The molecule has 0 atom stereocenters. The highest BCUT2D eigenvalue weighted by atomic mass is 79.9. The minimum absolute atomic E-state index is 0.211. The van der Waals surface area contributed by atoms with E-state index >= 15 is 0 Å². The number of aromatic carboxylic acids is 1. The van der Waals surface area contributed by atoms with Gasteiger partial charge in [-0.15, -0.1) is 0 Å². The number of carbonyl (C=O) groups is 1. The minimum Gasteiger partial charge on any atom is -0.489 e. The Bertz CT molecular complexity index is 635. The van der Waals surface area contributed by atoms with Crippen molar-refractivity contribution in [2.24, 2.45) is 0 Å². The van der Waals surface area contributed by atoms with Crippen molar-refractivity contribution in [2.75, 3.05) is 0 Å². The van der Waals surface area contributed by atoms with Crippen LogP contribution in [0.2, 0.25) is 0 Å². The summed E-state index contributed by atoms with van der Waals surface area (Å²) in [4.78, 5) is 10.8. The fourth-order valence-corrected chi connectivity index (χ4v) is 2.31. The topological polar surface area (TPSA) is 46.5 Å². The molecule has 0 aliphatic carbocycles. The molecule has 104 valence electrons.